The van der Waals surface area contributed by atoms with Crippen LogP contribution in [0.1, 0.15) is 45.7 Å². The number of ether oxygens (including phenoxy) is 1. The third-order valence-corrected chi connectivity index (χ3v) is 4.55. The summed E-state index contributed by atoms with van der Waals surface area (Å²) in [6.45, 7) is 9.67. The minimum Gasteiger partial charge on any atom is -0.375 e. The van der Waals surface area contributed by atoms with E-state index < -0.39 is 0 Å². The Morgan fingerprint density at radius 3 is 2.30 bits per heavy atom. The lowest BCUT2D eigenvalue weighted by Gasteiger charge is -2.30. The van der Waals surface area contributed by atoms with E-state index >= 15 is 0 Å². The summed E-state index contributed by atoms with van der Waals surface area (Å²) in [5.74, 6) is 0.728. The van der Waals surface area contributed by atoms with Gasteiger partial charge < -0.3 is 10.1 Å². The molecule has 0 amide bonds. The fourth-order valence-electron chi connectivity index (χ4n) is 3.31. The molecule has 1 aromatic rings. The van der Waals surface area contributed by atoms with Crippen molar-refractivity contribution in [3.8, 4) is 0 Å². The fraction of sp³-hybridized carbons (Fsp3) is 0.647. The van der Waals surface area contributed by atoms with E-state index in [1.165, 1.54) is 0 Å². The number of benzene rings is 1. The van der Waals surface area contributed by atoms with Gasteiger partial charge >= 0.3 is 0 Å². The number of rotatable bonds is 5. The molecule has 1 aliphatic rings. The first-order chi connectivity index (χ1) is 9.54. The average molecular weight is 279 g/mol. The highest BCUT2D eigenvalue weighted by Crippen LogP contribution is 2.40. The van der Waals surface area contributed by atoms with Gasteiger partial charge in [0.2, 0.25) is 0 Å². The summed E-state index contributed by atoms with van der Waals surface area (Å²) in [5, 5.41) is 3.63. The summed E-state index contributed by atoms with van der Waals surface area (Å²) in [5.41, 5.74) is 1.15. The van der Waals surface area contributed by atoms with Crippen LogP contribution in [0.15, 0.2) is 24.3 Å². The lowest BCUT2D eigenvalue weighted by atomic mass is 9.80. The Morgan fingerprint density at radius 2 is 1.80 bits per heavy atom. The zero-order valence-corrected chi connectivity index (χ0v) is 12.9. The van der Waals surface area contributed by atoms with Crippen LogP contribution in [0, 0.1) is 17.7 Å². The maximum absolute atomic E-state index is 13.1. The molecule has 1 aromatic carbocycles. The van der Waals surface area contributed by atoms with Crippen LogP contribution in [0.25, 0.3) is 0 Å². The summed E-state index contributed by atoms with van der Waals surface area (Å²) in [7, 11) is 0. The van der Waals surface area contributed by atoms with Crippen LogP contribution >= 0.6 is 0 Å². The Balaban J connectivity index is 2.25. The molecule has 2 nitrogen and oxygen atoms in total. The molecule has 1 saturated heterocycles. The van der Waals surface area contributed by atoms with Gasteiger partial charge in [0, 0.05) is 12.0 Å². The first kappa shape index (κ1) is 15.5. The van der Waals surface area contributed by atoms with Crippen LogP contribution in [0.5, 0.6) is 0 Å². The summed E-state index contributed by atoms with van der Waals surface area (Å²) in [6.07, 6.45) is 1.59. The van der Waals surface area contributed by atoms with E-state index in [0.717, 1.165) is 18.5 Å². The standard InChI is InChI=1S/C17H26FNO/c1-5-10-19-17(14-6-8-15(18)9-7-14)16-11(2)12(3)20-13(16)4/h6-9,11-13,16-17,19H,5,10H2,1-4H3. The molecule has 3 heteroatoms. The third-order valence-electron chi connectivity index (χ3n) is 4.55. The fourth-order valence-corrected chi connectivity index (χ4v) is 3.31. The molecular formula is C17H26FNO. The maximum Gasteiger partial charge on any atom is 0.123 e. The van der Waals surface area contributed by atoms with Gasteiger partial charge in [0.1, 0.15) is 5.82 Å². The number of hydrogen-bond donors (Lipinski definition) is 1. The maximum atomic E-state index is 13.1. The van der Waals surface area contributed by atoms with Crippen LogP contribution in [0.3, 0.4) is 0 Å². The number of halogens is 1. The lowest BCUT2D eigenvalue weighted by molar-refractivity contribution is 0.0475. The number of nitrogens with one attached hydrogen (secondary N) is 1. The van der Waals surface area contributed by atoms with E-state index in [4.69, 9.17) is 4.74 Å². The zero-order valence-electron chi connectivity index (χ0n) is 12.9. The SMILES string of the molecule is CCCNC(c1ccc(F)cc1)C1C(C)OC(C)C1C. The summed E-state index contributed by atoms with van der Waals surface area (Å²) in [4.78, 5) is 0. The molecule has 1 N–H and O–H groups in total. The predicted molar refractivity (Wildman–Crippen MR) is 80.1 cm³/mol. The molecule has 0 radical (unpaired) electrons. The van der Waals surface area contributed by atoms with Crippen LogP contribution in [0.2, 0.25) is 0 Å². The smallest absolute Gasteiger partial charge is 0.123 e. The molecule has 5 atom stereocenters. The Labute approximate surface area is 121 Å². The minimum absolute atomic E-state index is 0.180. The van der Waals surface area contributed by atoms with E-state index in [-0.39, 0.29) is 24.1 Å². The predicted octanol–water partition coefficient (Wildman–Crippen LogP) is 3.93. The quantitative estimate of drug-likeness (QED) is 0.882. The van der Waals surface area contributed by atoms with Crippen molar-refractivity contribution in [2.24, 2.45) is 11.8 Å². The van der Waals surface area contributed by atoms with E-state index in [0.29, 0.717) is 11.8 Å². The molecule has 5 unspecified atom stereocenters. The highest BCUT2D eigenvalue weighted by molar-refractivity contribution is 5.22. The van der Waals surface area contributed by atoms with Crippen LogP contribution in [-0.4, -0.2) is 18.8 Å². The van der Waals surface area contributed by atoms with Gasteiger partial charge in [-0.05, 0) is 50.4 Å². The van der Waals surface area contributed by atoms with Gasteiger partial charge in [0.25, 0.3) is 0 Å². The van der Waals surface area contributed by atoms with Crippen molar-refractivity contribution >= 4 is 0 Å². The van der Waals surface area contributed by atoms with Crippen LogP contribution < -0.4 is 5.32 Å². The molecule has 2 rings (SSSR count). The number of hydrogen-bond acceptors (Lipinski definition) is 2. The first-order valence-corrected chi connectivity index (χ1v) is 7.69. The van der Waals surface area contributed by atoms with Crippen molar-refractivity contribution in [1.29, 1.82) is 0 Å². The molecule has 112 valence electrons. The summed E-state index contributed by atoms with van der Waals surface area (Å²) in [6, 6.07) is 7.11. The molecule has 1 fully saturated rings. The molecule has 0 aliphatic carbocycles. The van der Waals surface area contributed by atoms with Crippen LogP contribution in [0.4, 0.5) is 4.39 Å². The van der Waals surface area contributed by atoms with Crippen molar-refractivity contribution in [3.05, 3.63) is 35.6 Å². The van der Waals surface area contributed by atoms with Crippen molar-refractivity contribution < 1.29 is 9.13 Å². The van der Waals surface area contributed by atoms with Gasteiger partial charge in [0.15, 0.2) is 0 Å². The van der Waals surface area contributed by atoms with Crippen molar-refractivity contribution in [1.82, 2.24) is 5.32 Å². The Kier molecular flexibility index (Phi) is 5.17. The third kappa shape index (κ3) is 3.21. The Hall–Kier alpha value is -0.930. The molecule has 20 heavy (non-hydrogen) atoms. The molecule has 0 aromatic heterocycles. The Morgan fingerprint density at radius 1 is 1.15 bits per heavy atom. The second-order valence-corrected chi connectivity index (χ2v) is 5.97. The van der Waals surface area contributed by atoms with Gasteiger partial charge in [-0.15, -0.1) is 0 Å². The van der Waals surface area contributed by atoms with Gasteiger partial charge in [0.05, 0.1) is 12.2 Å². The highest BCUT2D eigenvalue weighted by atomic mass is 19.1. The lowest BCUT2D eigenvalue weighted by Crippen LogP contribution is -2.35. The molecule has 1 heterocycles. The van der Waals surface area contributed by atoms with E-state index in [2.05, 4.69) is 33.0 Å². The van der Waals surface area contributed by atoms with Gasteiger partial charge in [-0.3, -0.25) is 0 Å². The molecular weight excluding hydrogens is 253 g/mol. The van der Waals surface area contributed by atoms with E-state index in [9.17, 15) is 4.39 Å². The van der Waals surface area contributed by atoms with Crippen molar-refractivity contribution in [3.63, 3.8) is 0 Å². The highest BCUT2D eigenvalue weighted by Gasteiger charge is 2.41. The van der Waals surface area contributed by atoms with Crippen LogP contribution in [-0.2, 0) is 4.74 Å². The normalized spacial score (nSPS) is 31.4. The van der Waals surface area contributed by atoms with Gasteiger partial charge in [-0.1, -0.05) is 26.0 Å². The summed E-state index contributed by atoms with van der Waals surface area (Å²) < 4.78 is 19.1. The first-order valence-electron chi connectivity index (χ1n) is 7.69. The zero-order chi connectivity index (χ0) is 14.7. The molecule has 1 aliphatic heterocycles. The van der Waals surface area contributed by atoms with Crippen molar-refractivity contribution in [2.45, 2.75) is 52.4 Å². The topological polar surface area (TPSA) is 21.3 Å². The van der Waals surface area contributed by atoms with E-state index in [1.807, 2.05) is 12.1 Å². The van der Waals surface area contributed by atoms with Gasteiger partial charge in [-0.2, -0.15) is 0 Å². The minimum atomic E-state index is -0.180. The second kappa shape index (κ2) is 6.68. The van der Waals surface area contributed by atoms with Crippen molar-refractivity contribution in [2.75, 3.05) is 6.54 Å². The molecule has 0 spiro atoms. The largest absolute Gasteiger partial charge is 0.375 e. The Bertz CT molecular complexity index is 420. The summed E-state index contributed by atoms with van der Waals surface area (Å²) >= 11 is 0. The molecule has 0 bridgehead atoms. The molecule has 0 saturated carbocycles. The van der Waals surface area contributed by atoms with E-state index in [1.54, 1.807) is 12.1 Å². The van der Waals surface area contributed by atoms with Gasteiger partial charge in [-0.25, -0.2) is 4.39 Å². The average Bonchev–Trinajstić information content (AvgIpc) is 2.67. The second-order valence-electron chi connectivity index (χ2n) is 5.97. The monoisotopic (exact) mass is 279 g/mol.